The van der Waals surface area contributed by atoms with Gasteiger partial charge >= 0.3 is 6.03 Å². The SMILES string of the molecule is CC1CCCN(C(=O)NCCOc2ccc(Cl)cc2)C1. The highest BCUT2D eigenvalue weighted by molar-refractivity contribution is 6.30. The van der Waals surface area contributed by atoms with Crippen LogP contribution in [0.15, 0.2) is 24.3 Å². The van der Waals surface area contributed by atoms with E-state index in [2.05, 4.69) is 12.2 Å². The third-order valence-electron chi connectivity index (χ3n) is 3.40. The molecule has 0 aliphatic carbocycles. The van der Waals surface area contributed by atoms with Crippen molar-refractivity contribution in [3.8, 4) is 5.75 Å². The smallest absolute Gasteiger partial charge is 0.317 e. The van der Waals surface area contributed by atoms with E-state index >= 15 is 0 Å². The Labute approximate surface area is 125 Å². The first kappa shape index (κ1) is 15.0. The third kappa shape index (κ3) is 4.60. The molecule has 110 valence electrons. The number of nitrogens with one attached hydrogen (secondary N) is 1. The molecule has 5 heteroatoms. The summed E-state index contributed by atoms with van der Waals surface area (Å²) in [6, 6.07) is 7.21. The van der Waals surface area contributed by atoms with Gasteiger partial charge in [0.1, 0.15) is 12.4 Å². The zero-order valence-corrected chi connectivity index (χ0v) is 12.5. The molecule has 1 heterocycles. The molecule has 1 fully saturated rings. The van der Waals surface area contributed by atoms with Gasteiger partial charge in [-0.05, 0) is 43.0 Å². The van der Waals surface area contributed by atoms with Gasteiger partial charge in [-0.3, -0.25) is 0 Å². The van der Waals surface area contributed by atoms with Gasteiger partial charge in [-0.25, -0.2) is 4.79 Å². The van der Waals surface area contributed by atoms with Gasteiger partial charge in [0.25, 0.3) is 0 Å². The molecule has 4 nitrogen and oxygen atoms in total. The molecule has 2 amide bonds. The summed E-state index contributed by atoms with van der Waals surface area (Å²) >= 11 is 5.79. The lowest BCUT2D eigenvalue weighted by atomic mass is 10.0. The monoisotopic (exact) mass is 296 g/mol. The number of likely N-dealkylation sites (tertiary alicyclic amines) is 1. The lowest BCUT2D eigenvalue weighted by Gasteiger charge is -2.30. The lowest BCUT2D eigenvalue weighted by Crippen LogP contribution is -2.45. The highest BCUT2D eigenvalue weighted by Crippen LogP contribution is 2.16. The van der Waals surface area contributed by atoms with Crippen molar-refractivity contribution in [2.45, 2.75) is 19.8 Å². The summed E-state index contributed by atoms with van der Waals surface area (Å²) in [5.41, 5.74) is 0. The van der Waals surface area contributed by atoms with Crippen LogP contribution in [-0.4, -0.2) is 37.2 Å². The van der Waals surface area contributed by atoms with Crippen LogP contribution in [0.1, 0.15) is 19.8 Å². The van der Waals surface area contributed by atoms with Crippen molar-refractivity contribution in [1.82, 2.24) is 10.2 Å². The van der Waals surface area contributed by atoms with E-state index in [1.165, 1.54) is 6.42 Å². The minimum atomic E-state index is 0.0104. The van der Waals surface area contributed by atoms with E-state index in [1.54, 1.807) is 12.1 Å². The molecule has 2 rings (SSSR count). The molecule has 0 radical (unpaired) electrons. The Morgan fingerprint density at radius 2 is 2.20 bits per heavy atom. The first-order valence-corrected chi connectivity index (χ1v) is 7.44. The fraction of sp³-hybridized carbons (Fsp3) is 0.533. The van der Waals surface area contributed by atoms with Crippen molar-refractivity contribution in [1.29, 1.82) is 0 Å². The maximum absolute atomic E-state index is 11.9. The maximum Gasteiger partial charge on any atom is 0.317 e. The van der Waals surface area contributed by atoms with Gasteiger partial charge in [0.2, 0.25) is 0 Å². The topological polar surface area (TPSA) is 41.6 Å². The molecular formula is C15H21ClN2O2. The summed E-state index contributed by atoms with van der Waals surface area (Å²) in [6.45, 7) is 4.85. The number of piperidine rings is 1. The molecule has 1 aromatic carbocycles. The van der Waals surface area contributed by atoms with Crippen molar-refractivity contribution >= 4 is 17.6 Å². The van der Waals surface area contributed by atoms with Crippen molar-refractivity contribution in [2.75, 3.05) is 26.2 Å². The zero-order valence-electron chi connectivity index (χ0n) is 11.8. The molecule has 0 bridgehead atoms. The van der Waals surface area contributed by atoms with E-state index in [0.717, 1.165) is 25.3 Å². The Morgan fingerprint density at radius 1 is 1.45 bits per heavy atom. The molecule has 1 aliphatic rings. The average molecular weight is 297 g/mol. The fourth-order valence-electron chi connectivity index (χ4n) is 2.34. The van der Waals surface area contributed by atoms with Crippen molar-refractivity contribution in [3.63, 3.8) is 0 Å². The van der Waals surface area contributed by atoms with Crippen LogP contribution in [0.5, 0.6) is 5.75 Å². The van der Waals surface area contributed by atoms with E-state index in [0.29, 0.717) is 24.1 Å². The number of hydrogen-bond acceptors (Lipinski definition) is 2. The van der Waals surface area contributed by atoms with E-state index in [1.807, 2.05) is 17.0 Å². The molecule has 0 spiro atoms. The van der Waals surface area contributed by atoms with Gasteiger partial charge in [0.15, 0.2) is 0 Å². The minimum Gasteiger partial charge on any atom is -0.492 e. The summed E-state index contributed by atoms with van der Waals surface area (Å²) in [7, 11) is 0. The Kier molecular flexibility index (Phi) is 5.53. The van der Waals surface area contributed by atoms with Gasteiger partial charge in [0, 0.05) is 18.1 Å². The van der Waals surface area contributed by atoms with Crippen LogP contribution in [0.4, 0.5) is 4.79 Å². The van der Waals surface area contributed by atoms with Crippen molar-refractivity contribution < 1.29 is 9.53 Å². The fourth-order valence-corrected chi connectivity index (χ4v) is 2.47. The number of nitrogens with zero attached hydrogens (tertiary/aromatic N) is 1. The Hall–Kier alpha value is -1.42. The highest BCUT2D eigenvalue weighted by Gasteiger charge is 2.20. The molecule has 0 aromatic heterocycles. The first-order chi connectivity index (χ1) is 9.65. The Balaban J connectivity index is 1.65. The molecule has 20 heavy (non-hydrogen) atoms. The van der Waals surface area contributed by atoms with Gasteiger partial charge in [-0.15, -0.1) is 0 Å². The maximum atomic E-state index is 11.9. The van der Waals surface area contributed by atoms with Crippen LogP contribution < -0.4 is 10.1 Å². The third-order valence-corrected chi connectivity index (χ3v) is 3.66. The quantitative estimate of drug-likeness (QED) is 0.867. The summed E-state index contributed by atoms with van der Waals surface area (Å²) in [5, 5.41) is 3.58. The number of benzene rings is 1. The summed E-state index contributed by atoms with van der Waals surface area (Å²) in [4.78, 5) is 13.8. The second kappa shape index (κ2) is 7.39. The highest BCUT2D eigenvalue weighted by atomic mass is 35.5. The van der Waals surface area contributed by atoms with E-state index in [4.69, 9.17) is 16.3 Å². The predicted molar refractivity (Wildman–Crippen MR) is 80.3 cm³/mol. The van der Waals surface area contributed by atoms with E-state index in [-0.39, 0.29) is 6.03 Å². The Morgan fingerprint density at radius 3 is 2.90 bits per heavy atom. The molecule has 1 atom stereocenters. The summed E-state index contributed by atoms with van der Waals surface area (Å²) in [6.07, 6.45) is 2.30. The average Bonchev–Trinajstić information content (AvgIpc) is 2.45. The van der Waals surface area contributed by atoms with Gasteiger partial charge in [-0.1, -0.05) is 18.5 Å². The van der Waals surface area contributed by atoms with Gasteiger partial charge in [-0.2, -0.15) is 0 Å². The molecule has 1 saturated heterocycles. The van der Waals surface area contributed by atoms with Crippen LogP contribution in [0.2, 0.25) is 5.02 Å². The second-order valence-corrected chi connectivity index (χ2v) is 5.66. The lowest BCUT2D eigenvalue weighted by molar-refractivity contribution is 0.168. The second-order valence-electron chi connectivity index (χ2n) is 5.23. The summed E-state index contributed by atoms with van der Waals surface area (Å²) in [5.74, 6) is 1.36. The number of rotatable bonds is 4. The van der Waals surface area contributed by atoms with Crippen molar-refractivity contribution in [3.05, 3.63) is 29.3 Å². The van der Waals surface area contributed by atoms with Crippen LogP contribution in [0.25, 0.3) is 0 Å². The number of urea groups is 1. The predicted octanol–water partition coefficient (Wildman–Crippen LogP) is 3.16. The number of carbonyl (C=O) groups is 1. The molecule has 1 N–H and O–H groups in total. The van der Waals surface area contributed by atoms with E-state index in [9.17, 15) is 4.79 Å². The number of halogens is 1. The molecule has 0 saturated carbocycles. The molecular weight excluding hydrogens is 276 g/mol. The van der Waals surface area contributed by atoms with Crippen LogP contribution in [0, 0.1) is 5.92 Å². The largest absolute Gasteiger partial charge is 0.492 e. The summed E-state index contributed by atoms with van der Waals surface area (Å²) < 4.78 is 5.53. The van der Waals surface area contributed by atoms with Crippen molar-refractivity contribution in [2.24, 2.45) is 5.92 Å². The number of ether oxygens (including phenoxy) is 1. The number of carbonyl (C=O) groups excluding carboxylic acids is 1. The van der Waals surface area contributed by atoms with E-state index < -0.39 is 0 Å². The Bertz CT molecular complexity index is 436. The van der Waals surface area contributed by atoms with Gasteiger partial charge in [0.05, 0.1) is 6.54 Å². The molecule has 1 aromatic rings. The zero-order chi connectivity index (χ0) is 14.4. The normalized spacial score (nSPS) is 18.7. The standard InChI is InChI=1S/C15H21ClN2O2/c1-12-3-2-9-18(11-12)15(19)17-8-10-20-14-6-4-13(16)5-7-14/h4-7,12H,2-3,8-11H2,1H3,(H,17,19). The number of amides is 2. The molecule has 1 aliphatic heterocycles. The van der Waals surface area contributed by atoms with Crippen LogP contribution in [-0.2, 0) is 0 Å². The van der Waals surface area contributed by atoms with Gasteiger partial charge < -0.3 is 15.0 Å². The van der Waals surface area contributed by atoms with Crippen LogP contribution >= 0.6 is 11.6 Å². The number of hydrogen-bond donors (Lipinski definition) is 1. The molecule has 1 unspecified atom stereocenters. The first-order valence-electron chi connectivity index (χ1n) is 7.06. The minimum absolute atomic E-state index is 0.0104. The van der Waals surface area contributed by atoms with Crippen LogP contribution in [0.3, 0.4) is 0 Å².